The Bertz CT molecular complexity index is 541. The lowest BCUT2D eigenvalue weighted by atomic mass is 10.2. The molecule has 5 nitrogen and oxygen atoms in total. The van der Waals surface area contributed by atoms with E-state index in [0.29, 0.717) is 0 Å². The van der Waals surface area contributed by atoms with Crippen molar-refractivity contribution in [2.45, 2.75) is 19.8 Å². The Hall–Kier alpha value is -1.72. The van der Waals surface area contributed by atoms with Crippen LogP contribution in [0.1, 0.15) is 18.5 Å². The zero-order valence-corrected chi connectivity index (χ0v) is 12.0. The van der Waals surface area contributed by atoms with Crippen LogP contribution >= 0.6 is 0 Å². The zero-order valence-electron chi connectivity index (χ0n) is 12.0. The summed E-state index contributed by atoms with van der Waals surface area (Å²) in [6, 6.07) is 8.11. The summed E-state index contributed by atoms with van der Waals surface area (Å²) < 4.78 is 0. The van der Waals surface area contributed by atoms with Crippen LogP contribution in [0.5, 0.6) is 0 Å². The van der Waals surface area contributed by atoms with Gasteiger partial charge in [-0.1, -0.05) is 0 Å². The van der Waals surface area contributed by atoms with Crippen LogP contribution in [-0.4, -0.2) is 36.1 Å². The van der Waals surface area contributed by atoms with Crippen molar-refractivity contribution in [3.05, 3.63) is 30.0 Å². The maximum absolute atomic E-state index is 5.43. The first-order chi connectivity index (χ1) is 9.79. The number of pyridine rings is 2. The fraction of sp³-hybridized carbons (Fsp3) is 0.467. The molecule has 2 aromatic rings. The number of hydrogen-bond donors (Lipinski definition) is 3. The van der Waals surface area contributed by atoms with Gasteiger partial charge in [0.15, 0.2) is 5.65 Å². The molecule has 0 amide bonds. The first-order valence-corrected chi connectivity index (χ1v) is 7.18. The van der Waals surface area contributed by atoms with E-state index in [1.807, 2.05) is 19.1 Å². The second-order valence-electron chi connectivity index (χ2n) is 4.87. The number of aromatic nitrogens is 2. The van der Waals surface area contributed by atoms with Gasteiger partial charge >= 0.3 is 0 Å². The van der Waals surface area contributed by atoms with E-state index in [-0.39, 0.29) is 0 Å². The molecule has 2 rings (SSSR count). The number of nitrogens with two attached hydrogens (primary N) is 1. The summed E-state index contributed by atoms with van der Waals surface area (Å²) in [5.41, 5.74) is 7.23. The Balaban J connectivity index is 1.78. The lowest BCUT2D eigenvalue weighted by molar-refractivity contribution is 0.636. The SMILES string of the molecule is Cc1ccc2ccc(NCCCNCCCN)nc2n1. The lowest BCUT2D eigenvalue weighted by Gasteiger charge is -2.07. The molecule has 0 aliphatic carbocycles. The van der Waals surface area contributed by atoms with Crippen molar-refractivity contribution in [2.75, 3.05) is 31.5 Å². The summed E-state index contributed by atoms with van der Waals surface area (Å²) in [5, 5.41) is 7.76. The normalized spacial score (nSPS) is 10.9. The monoisotopic (exact) mass is 273 g/mol. The Kier molecular flexibility index (Phi) is 5.70. The number of nitrogens with one attached hydrogen (secondary N) is 2. The predicted molar refractivity (Wildman–Crippen MR) is 83.9 cm³/mol. The van der Waals surface area contributed by atoms with E-state index in [2.05, 4.69) is 32.7 Å². The number of anilines is 1. The summed E-state index contributed by atoms with van der Waals surface area (Å²) in [4.78, 5) is 8.96. The van der Waals surface area contributed by atoms with Gasteiger partial charge in [-0.25, -0.2) is 9.97 Å². The summed E-state index contributed by atoms with van der Waals surface area (Å²) in [6.07, 6.45) is 2.09. The Labute approximate surface area is 120 Å². The van der Waals surface area contributed by atoms with Crippen molar-refractivity contribution >= 4 is 16.9 Å². The molecule has 0 aliphatic heterocycles. The molecule has 5 heteroatoms. The fourth-order valence-electron chi connectivity index (χ4n) is 1.97. The quantitative estimate of drug-likeness (QED) is 0.638. The molecule has 0 unspecified atom stereocenters. The van der Waals surface area contributed by atoms with Gasteiger partial charge in [0.2, 0.25) is 0 Å². The Morgan fingerprint density at radius 2 is 1.80 bits per heavy atom. The molecule has 20 heavy (non-hydrogen) atoms. The third-order valence-electron chi connectivity index (χ3n) is 3.09. The standard InChI is InChI=1S/C15H23N5/c1-12-4-5-13-6-7-14(20-15(13)19-12)18-11-3-10-17-9-2-8-16/h4-7,17H,2-3,8-11,16H2,1H3,(H,18,19,20). The van der Waals surface area contributed by atoms with E-state index < -0.39 is 0 Å². The number of nitrogens with zero attached hydrogens (tertiary/aromatic N) is 2. The van der Waals surface area contributed by atoms with Crippen molar-refractivity contribution in [2.24, 2.45) is 5.73 Å². The molecule has 0 radical (unpaired) electrons. The van der Waals surface area contributed by atoms with Crippen LogP contribution in [0.2, 0.25) is 0 Å². The summed E-state index contributed by atoms with van der Waals surface area (Å²) in [6.45, 7) is 5.62. The van der Waals surface area contributed by atoms with Crippen LogP contribution < -0.4 is 16.4 Å². The van der Waals surface area contributed by atoms with Crippen LogP contribution in [0.3, 0.4) is 0 Å². The average Bonchev–Trinajstić information content (AvgIpc) is 2.46. The van der Waals surface area contributed by atoms with Crippen LogP contribution in [-0.2, 0) is 0 Å². The van der Waals surface area contributed by atoms with Crippen LogP contribution in [0.15, 0.2) is 24.3 Å². The van der Waals surface area contributed by atoms with Gasteiger partial charge in [-0.3, -0.25) is 0 Å². The molecule has 0 fully saturated rings. The van der Waals surface area contributed by atoms with E-state index in [0.717, 1.165) is 61.6 Å². The molecular formula is C15H23N5. The second-order valence-corrected chi connectivity index (χ2v) is 4.87. The minimum Gasteiger partial charge on any atom is -0.370 e. The van der Waals surface area contributed by atoms with E-state index in [1.54, 1.807) is 0 Å². The minimum atomic E-state index is 0.749. The molecule has 108 valence electrons. The van der Waals surface area contributed by atoms with E-state index in [4.69, 9.17) is 5.73 Å². The van der Waals surface area contributed by atoms with Crippen molar-refractivity contribution in [1.29, 1.82) is 0 Å². The summed E-state index contributed by atoms with van der Waals surface area (Å²) in [7, 11) is 0. The highest BCUT2D eigenvalue weighted by Crippen LogP contribution is 2.13. The zero-order chi connectivity index (χ0) is 14.2. The van der Waals surface area contributed by atoms with Gasteiger partial charge in [0.1, 0.15) is 5.82 Å². The van der Waals surface area contributed by atoms with Crippen molar-refractivity contribution < 1.29 is 0 Å². The van der Waals surface area contributed by atoms with Crippen molar-refractivity contribution in [3.8, 4) is 0 Å². The summed E-state index contributed by atoms with van der Waals surface area (Å²) >= 11 is 0. The highest BCUT2D eigenvalue weighted by molar-refractivity contribution is 5.76. The highest BCUT2D eigenvalue weighted by atomic mass is 15.0. The lowest BCUT2D eigenvalue weighted by Crippen LogP contribution is -2.21. The first-order valence-electron chi connectivity index (χ1n) is 7.18. The summed E-state index contributed by atoms with van der Waals surface area (Å²) in [5.74, 6) is 0.887. The van der Waals surface area contributed by atoms with Gasteiger partial charge in [0.25, 0.3) is 0 Å². The molecule has 0 saturated carbocycles. The number of fused-ring (bicyclic) bond motifs is 1. The fourth-order valence-corrected chi connectivity index (χ4v) is 1.97. The number of rotatable bonds is 8. The number of aryl methyl sites for hydroxylation is 1. The topological polar surface area (TPSA) is 75.9 Å². The molecule has 0 aromatic carbocycles. The molecule has 4 N–H and O–H groups in total. The molecule has 0 spiro atoms. The first kappa shape index (κ1) is 14.7. The van der Waals surface area contributed by atoms with Crippen molar-refractivity contribution in [1.82, 2.24) is 15.3 Å². The van der Waals surface area contributed by atoms with Crippen LogP contribution in [0.25, 0.3) is 11.0 Å². The molecule has 2 heterocycles. The predicted octanol–water partition coefficient (Wildman–Crippen LogP) is 1.68. The van der Waals surface area contributed by atoms with Crippen LogP contribution in [0, 0.1) is 6.92 Å². The van der Waals surface area contributed by atoms with Gasteiger partial charge in [-0.05, 0) is 63.7 Å². The largest absolute Gasteiger partial charge is 0.370 e. The molecule has 0 bridgehead atoms. The smallest absolute Gasteiger partial charge is 0.161 e. The van der Waals surface area contributed by atoms with E-state index in [1.165, 1.54) is 0 Å². The van der Waals surface area contributed by atoms with Crippen molar-refractivity contribution in [3.63, 3.8) is 0 Å². The second kappa shape index (κ2) is 7.77. The molecule has 0 atom stereocenters. The number of hydrogen-bond acceptors (Lipinski definition) is 5. The van der Waals surface area contributed by atoms with Crippen LogP contribution in [0.4, 0.5) is 5.82 Å². The Morgan fingerprint density at radius 1 is 1.00 bits per heavy atom. The third-order valence-corrected chi connectivity index (χ3v) is 3.09. The Morgan fingerprint density at radius 3 is 2.65 bits per heavy atom. The van der Waals surface area contributed by atoms with E-state index in [9.17, 15) is 0 Å². The molecule has 0 saturated heterocycles. The van der Waals surface area contributed by atoms with Gasteiger partial charge in [-0.15, -0.1) is 0 Å². The third kappa shape index (κ3) is 4.43. The molecular weight excluding hydrogens is 250 g/mol. The van der Waals surface area contributed by atoms with Gasteiger partial charge < -0.3 is 16.4 Å². The molecule has 2 aromatic heterocycles. The van der Waals surface area contributed by atoms with Gasteiger partial charge in [0.05, 0.1) is 0 Å². The van der Waals surface area contributed by atoms with E-state index >= 15 is 0 Å². The van der Waals surface area contributed by atoms with Gasteiger partial charge in [-0.2, -0.15) is 0 Å². The minimum absolute atomic E-state index is 0.749. The maximum atomic E-state index is 5.43. The maximum Gasteiger partial charge on any atom is 0.161 e. The average molecular weight is 273 g/mol. The van der Waals surface area contributed by atoms with Gasteiger partial charge in [0, 0.05) is 17.6 Å². The molecule has 0 aliphatic rings. The highest BCUT2D eigenvalue weighted by Gasteiger charge is 1.99.